The van der Waals surface area contributed by atoms with Crippen molar-refractivity contribution in [2.75, 3.05) is 20.3 Å². The van der Waals surface area contributed by atoms with Crippen LogP contribution in [0.4, 0.5) is 9.59 Å². The fourth-order valence-corrected chi connectivity index (χ4v) is 4.09. The van der Waals surface area contributed by atoms with Gasteiger partial charge >= 0.3 is 12.2 Å². The smallest absolute Gasteiger partial charge is 0.429 e. The highest BCUT2D eigenvalue weighted by Gasteiger charge is 2.54. The molecule has 0 spiro atoms. The number of unbranched alkanes of at least 4 members (excludes halogenated alkanes) is 5. The third-order valence-electron chi connectivity index (χ3n) is 5.76. The number of amides is 2. The molecule has 0 N–H and O–H groups in total. The number of carbonyl (C=O) groups excluding carboxylic acids is 2. The van der Waals surface area contributed by atoms with Crippen molar-refractivity contribution >= 4 is 17.8 Å². The number of ether oxygens (including phenoxy) is 3. The molecule has 1 fully saturated rings. The van der Waals surface area contributed by atoms with Gasteiger partial charge in [0.1, 0.15) is 11.8 Å². The van der Waals surface area contributed by atoms with Crippen LogP contribution in [-0.4, -0.2) is 54.6 Å². The predicted octanol–water partition coefficient (Wildman–Crippen LogP) is 6.04. The summed E-state index contributed by atoms with van der Waals surface area (Å²) in [4.78, 5) is 25.5. The predicted molar refractivity (Wildman–Crippen MR) is 125 cm³/mol. The summed E-state index contributed by atoms with van der Waals surface area (Å²) in [5.74, 6) is 0.745. The van der Waals surface area contributed by atoms with Crippen LogP contribution in [0.1, 0.15) is 71.3 Å². The molecular weight excluding hydrogens is 408 g/mol. The number of hydrogen-bond acceptors (Lipinski definition) is 5. The maximum atomic E-state index is 12.8. The first-order valence-electron chi connectivity index (χ1n) is 11.7. The second-order valence-corrected chi connectivity index (χ2v) is 7.91. The fourth-order valence-electron chi connectivity index (χ4n) is 4.09. The molecule has 2 atom stereocenters. The van der Waals surface area contributed by atoms with E-state index in [4.69, 9.17) is 14.2 Å². The van der Waals surface area contributed by atoms with Crippen molar-refractivity contribution in [3.8, 4) is 5.75 Å². The van der Waals surface area contributed by atoms with Gasteiger partial charge in [-0.25, -0.2) is 19.6 Å². The molecular formula is C25H38N2O5. The van der Waals surface area contributed by atoms with Crippen molar-refractivity contribution in [3.63, 3.8) is 0 Å². The Morgan fingerprint density at radius 1 is 0.875 bits per heavy atom. The summed E-state index contributed by atoms with van der Waals surface area (Å²) in [6.07, 6.45) is 6.56. The molecule has 0 unspecified atom stereocenters. The Morgan fingerprint density at radius 2 is 1.44 bits per heavy atom. The first-order chi connectivity index (χ1) is 15.5. The standard InChI is InChI=1S/C25H38N2O5/c1-6-9-10-11-12-13-14-22-23(19(4)20-15-17-21(30-5)18-16-20)27(25(29)32-8-3)26(22)24(28)31-7-2/h15-18,22-23H,4,6-14H2,1-3,5H3/t22-,23-/m0/s1. The Balaban J connectivity index is 2.24. The molecule has 0 saturated carbocycles. The summed E-state index contributed by atoms with van der Waals surface area (Å²) < 4.78 is 15.7. The zero-order valence-corrected chi connectivity index (χ0v) is 20.0. The molecule has 0 aliphatic carbocycles. The van der Waals surface area contributed by atoms with Crippen molar-refractivity contribution in [2.24, 2.45) is 0 Å². The molecule has 0 radical (unpaired) electrons. The molecule has 1 saturated heterocycles. The van der Waals surface area contributed by atoms with E-state index in [0.29, 0.717) is 0 Å². The molecule has 1 aliphatic rings. The molecule has 7 heteroatoms. The van der Waals surface area contributed by atoms with Gasteiger partial charge in [-0.1, -0.05) is 64.2 Å². The van der Waals surface area contributed by atoms with E-state index in [1.165, 1.54) is 35.7 Å². The lowest BCUT2D eigenvalue weighted by Crippen LogP contribution is -2.74. The van der Waals surface area contributed by atoms with Crippen molar-refractivity contribution in [1.29, 1.82) is 0 Å². The molecule has 0 aromatic heterocycles. The minimum Gasteiger partial charge on any atom is -0.497 e. The van der Waals surface area contributed by atoms with E-state index in [2.05, 4.69) is 13.5 Å². The Morgan fingerprint density at radius 3 is 2.00 bits per heavy atom. The quantitative estimate of drug-likeness (QED) is 0.366. The second kappa shape index (κ2) is 13.0. The van der Waals surface area contributed by atoms with Gasteiger partial charge in [0.2, 0.25) is 0 Å². The van der Waals surface area contributed by atoms with Gasteiger partial charge in [-0.15, -0.1) is 0 Å². The monoisotopic (exact) mass is 446 g/mol. The molecule has 32 heavy (non-hydrogen) atoms. The van der Waals surface area contributed by atoms with E-state index in [0.717, 1.165) is 36.1 Å². The van der Waals surface area contributed by atoms with Crippen molar-refractivity contribution in [1.82, 2.24) is 10.0 Å². The number of methoxy groups -OCH3 is 1. The molecule has 2 rings (SSSR count). The summed E-state index contributed by atoms with van der Waals surface area (Å²) in [7, 11) is 1.62. The number of nitrogens with zero attached hydrogens (tertiary/aromatic N) is 2. The van der Waals surface area contributed by atoms with Crippen LogP contribution in [0, 0.1) is 0 Å². The summed E-state index contributed by atoms with van der Waals surface area (Å²) >= 11 is 0. The zero-order chi connectivity index (χ0) is 23.5. The van der Waals surface area contributed by atoms with Crippen LogP contribution in [0.2, 0.25) is 0 Å². The summed E-state index contributed by atoms with van der Waals surface area (Å²) in [5.41, 5.74) is 1.65. The first kappa shape index (κ1) is 25.6. The minimum atomic E-state index is -0.570. The number of rotatable bonds is 12. The highest BCUT2D eigenvalue weighted by atomic mass is 16.6. The van der Waals surface area contributed by atoms with E-state index in [1.807, 2.05) is 24.3 Å². The van der Waals surface area contributed by atoms with Crippen LogP contribution >= 0.6 is 0 Å². The average Bonchev–Trinajstić information content (AvgIpc) is 2.77. The van der Waals surface area contributed by atoms with Gasteiger partial charge in [-0.2, -0.15) is 0 Å². The highest BCUT2D eigenvalue weighted by molar-refractivity contribution is 5.82. The SMILES string of the molecule is C=C(c1ccc(OC)cc1)[C@H]1[C@H](CCCCCCCC)N(C(=O)OCC)N1C(=O)OCC. The third kappa shape index (κ3) is 6.17. The molecule has 1 aliphatic heterocycles. The summed E-state index contributed by atoms with van der Waals surface area (Å²) in [6, 6.07) is 6.97. The molecule has 2 amide bonds. The van der Waals surface area contributed by atoms with Crippen LogP contribution in [0.15, 0.2) is 30.8 Å². The lowest BCUT2D eigenvalue weighted by atomic mass is 9.86. The van der Waals surface area contributed by atoms with Crippen molar-refractivity contribution in [2.45, 2.75) is 77.8 Å². The number of benzene rings is 1. The van der Waals surface area contributed by atoms with E-state index in [9.17, 15) is 9.59 Å². The van der Waals surface area contributed by atoms with Crippen molar-refractivity contribution < 1.29 is 23.8 Å². The molecule has 1 aromatic rings. The Labute approximate surface area is 192 Å². The summed E-state index contributed by atoms with van der Waals surface area (Å²) in [6.45, 7) is 10.4. The molecule has 1 aromatic carbocycles. The number of carbonyl (C=O) groups is 2. The lowest BCUT2D eigenvalue weighted by Gasteiger charge is -2.55. The van der Waals surface area contributed by atoms with Gasteiger partial charge in [0, 0.05) is 0 Å². The van der Waals surface area contributed by atoms with Gasteiger partial charge in [0.05, 0.1) is 26.4 Å². The van der Waals surface area contributed by atoms with Crippen LogP contribution in [0.5, 0.6) is 5.75 Å². The normalized spacial score (nSPS) is 17.5. The maximum absolute atomic E-state index is 12.8. The van der Waals surface area contributed by atoms with Crippen molar-refractivity contribution in [3.05, 3.63) is 36.4 Å². The number of hydrogen-bond donors (Lipinski definition) is 0. The third-order valence-corrected chi connectivity index (χ3v) is 5.76. The first-order valence-corrected chi connectivity index (χ1v) is 11.7. The second-order valence-electron chi connectivity index (χ2n) is 7.91. The van der Waals surface area contributed by atoms with Gasteiger partial charge in [0.15, 0.2) is 0 Å². The maximum Gasteiger partial charge on any atom is 0.429 e. The Kier molecular flexibility index (Phi) is 10.4. The largest absolute Gasteiger partial charge is 0.497 e. The molecule has 178 valence electrons. The zero-order valence-electron chi connectivity index (χ0n) is 20.0. The van der Waals surface area contributed by atoms with Crippen LogP contribution in [0.25, 0.3) is 5.57 Å². The average molecular weight is 447 g/mol. The molecule has 0 bridgehead atoms. The van der Waals surface area contributed by atoms with Gasteiger partial charge in [-0.05, 0) is 43.5 Å². The minimum absolute atomic E-state index is 0.209. The molecule has 7 nitrogen and oxygen atoms in total. The fraction of sp³-hybridized carbons (Fsp3) is 0.600. The van der Waals surface area contributed by atoms with E-state index >= 15 is 0 Å². The summed E-state index contributed by atoms with van der Waals surface area (Å²) in [5, 5.41) is 2.77. The van der Waals surface area contributed by atoms with E-state index < -0.39 is 12.2 Å². The van der Waals surface area contributed by atoms with Crippen LogP contribution < -0.4 is 4.74 Å². The van der Waals surface area contributed by atoms with Gasteiger partial charge in [-0.3, -0.25) is 0 Å². The Bertz CT molecular complexity index is 749. The topological polar surface area (TPSA) is 68.3 Å². The van der Waals surface area contributed by atoms with Crippen LogP contribution in [0.3, 0.4) is 0 Å². The Hall–Kier alpha value is -2.70. The number of hydrazine groups is 1. The lowest BCUT2D eigenvalue weighted by molar-refractivity contribution is -0.147. The van der Waals surface area contributed by atoms with Crippen LogP contribution in [-0.2, 0) is 9.47 Å². The van der Waals surface area contributed by atoms with Gasteiger partial charge in [0.25, 0.3) is 0 Å². The highest BCUT2D eigenvalue weighted by Crippen LogP contribution is 2.39. The van der Waals surface area contributed by atoms with E-state index in [1.54, 1.807) is 21.0 Å². The van der Waals surface area contributed by atoms with E-state index in [-0.39, 0.29) is 25.3 Å². The van der Waals surface area contributed by atoms with Gasteiger partial charge < -0.3 is 14.2 Å². The molecule has 1 heterocycles.